The Morgan fingerprint density at radius 1 is 1.22 bits per heavy atom. The van der Waals surface area contributed by atoms with Gasteiger partial charge in [-0.2, -0.15) is 0 Å². The molecule has 2 aromatic carbocycles. The van der Waals surface area contributed by atoms with Crippen LogP contribution in [-0.2, 0) is 0 Å². The first-order valence-electron chi connectivity index (χ1n) is 7.21. The lowest BCUT2D eigenvalue weighted by molar-refractivity contribution is 0.0967. The second-order valence-corrected chi connectivity index (χ2v) is 5.05. The summed E-state index contributed by atoms with van der Waals surface area (Å²) in [6, 6.07) is 14.6. The number of hydrogen-bond acceptors (Lipinski definition) is 4. The zero-order valence-electron chi connectivity index (χ0n) is 13.0. The summed E-state index contributed by atoms with van der Waals surface area (Å²) >= 11 is 0. The van der Waals surface area contributed by atoms with Gasteiger partial charge in [0.2, 0.25) is 0 Å². The number of carbonyl (C=O) groups is 1. The van der Waals surface area contributed by atoms with Gasteiger partial charge in [0.1, 0.15) is 11.6 Å². The number of hydrogen-bond donors (Lipinski definition) is 2. The Hall–Kier alpha value is -3.08. The number of aromatic nitrogens is 1. The van der Waals surface area contributed by atoms with Crippen molar-refractivity contribution in [3.8, 4) is 5.75 Å². The van der Waals surface area contributed by atoms with E-state index in [-0.39, 0.29) is 5.91 Å². The summed E-state index contributed by atoms with van der Waals surface area (Å²) in [6.07, 6.45) is 1.25. The molecular formula is C18H17N3O2. The van der Waals surface area contributed by atoms with E-state index in [1.54, 1.807) is 30.9 Å². The van der Waals surface area contributed by atoms with Crippen LogP contribution in [0.2, 0.25) is 0 Å². The molecule has 0 radical (unpaired) electrons. The Morgan fingerprint density at radius 2 is 1.96 bits per heavy atom. The van der Waals surface area contributed by atoms with E-state index in [0.717, 1.165) is 10.9 Å². The van der Waals surface area contributed by atoms with E-state index in [2.05, 4.69) is 5.32 Å². The molecule has 0 unspecified atom stereocenters. The highest BCUT2D eigenvalue weighted by Gasteiger charge is 2.21. The van der Waals surface area contributed by atoms with Gasteiger partial charge in [0.25, 0.3) is 5.91 Å². The largest absolute Gasteiger partial charge is 0.497 e. The summed E-state index contributed by atoms with van der Waals surface area (Å²) in [5, 5.41) is 11.6. The third kappa shape index (κ3) is 2.36. The Balaban J connectivity index is 2.31. The van der Waals surface area contributed by atoms with Gasteiger partial charge in [0, 0.05) is 29.8 Å². The number of nitrogens with one attached hydrogen (secondary N) is 2. The molecule has 5 nitrogen and oxygen atoms in total. The van der Waals surface area contributed by atoms with Gasteiger partial charge in [-0.15, -0.1) is 0 Å². The van der Waals surface area contributed by atoms with Crippen LogP contribution in [0.5, 0.6) is 5.75 Å². The SMILES string of the molecule is CNc1c(C=N)c2cc(OC)ccc2n1C(=O)c1ccccc1. The topological polar surface area (TPSA) is 67.1 Å². The van der Waals surface area contributed by atoms with E-state index in [9.17, 15) is 4.79 Å². The molecule has 0 aliphatic carbocycles. The predicted octanol–water partition coefficient (Wildman–Crippen LogP) is 3.38. The third-order valence-electron chi connectivity index (χ3n) is 3.82. The Kier molecular flexibility index (Phi) is 3.85. The maximum atomic E-state index is 12.9. The number of fused-ring (bicyclic) bond motifs is 1. The average Bonchev–Trinajstić information content (AvgIpc) is 2.94. The average molecular weight is 307 g/mol. The highest BCUT2D eigenvalue weighted by Crippen LogP contribution is 2.32. The third-order valence-corrected chi connectivity index (χ3v) is 3.82. The van der Waals surface area contributed by atoms with Crippen LogP contribution in [0.1, 0.15) is 15.9 Å². The molecule has 0 saturated carbocycles. The van der Waals surface area contributed by atoms with Crippen molar-refractivity contribution < 1.29 is 9.53 Å². The van der Waals surface area contributed by atoms with E-state index >= 15 is 0 Å². The van der Waals surface area contributed by atoms with E-state index < -0.39 is 0 Å². The number of ether oxygens (including phenoxy) is 1. The number of nitrogens with zero attached hydrogens (tertiary/aromatic N) is 1. The number of carbonyl (C=O) groups excluding carboxylic acids is 1. The molecule has 0 saturated heterocycles. The number of benzene rings is 2. The molecule has 0 fully saturated rings. The molecule has 1 aromatic heterocycles. The lowest BCUT2D eigenvalue weighted by Gasteiger charge is -2.09. The van der Waals surface area contributed by atoms with Crippen LogP contribution in [0.15, 0.2) is 48.5 Å². The van der Waals surface area contributed by atoms with E-state index in [1.165, 1.54) is 6.21 Å². The van der Waals surface area contributed by atoms with Crippen LogP contribution in [0.25, 0.3) is 10.9 Å². The molecular weight excluding hydrogens is 290 g/mol. The smallest absolute Gasteiger partial charge is 0.263 e. The van der Waals surface area contributed by atoms with Crippen LogP contribution >= 0.6 is 0 Å². The Labute approximate surface area is 134 Å². The molecule has 0 aliphatic heterocycles. The first kappa shape index (κ1) is 14.8. The van der Waals surface area contributed by atoms with Crippen LogP contribution in [0.4, 0.5) is 5.82 Å². The van der Waals surface area contributed by atoms with Crippen LogP contribution < -0.4 is 10.1 Å². The molecule has 2 N–H and O–H groups in total. The minimum atomic E-state index is -0.141. The maximum absolute atomic E-state index is 12.9. The molecule has 0 amide bonds. The number of methoxy groups -OCH3 is 1. The molecule has 3 rings (SSSR count). The molecule has 1 heterocycles. The number of rotatable bonds is 4. The van der Waals surface area contributed by atoms with Gasteiger partial charge in [0.15, 0.2) is 0 Å². The minimum Gasteiger partial charge on any atom is -0.497 e. The zero-order valence-corrected chi connectivity index (χ0v) is 13.0. The van der Waals surface area contributed by atoms with Gasteiger partial charge in [0.05, 0.1) is 12.6 Å². The van der Waals surface area contributed by atoms with E-state index in [4.69, 9.17) is 10.1 Å². The summed E-state index contributed by atoms with van der Waals surface area (Å²) in [5.41, 5.74) is 1.99. The second-order valence-electron chi connectivity index (χ2n) is 5.05. The van der Waals surface area contributed by atoms with Crippen molar-refractivity contribution in [1.29, 1.82) is 5.41 Å². The summed E-state index contributed by atoms with van der Waals surface area (Å²) in [5.74, 6) is 1.14. The number of anilines is 1. The Bertz CT molecular complexity index is 882. The molecule has 116 valence electrons. The molecule has 0 spiro atoms. The molecule has 3 aromatic rings. The summed E-state index contributed by atoms with van der Waals surface area (Å²) in [4.78, 5) is 12.9. The lowest BCUT2D eigenvalue weighted by atomic mass is 10.1. The zero-order chi connectivity index (χ0) is 16.4. The minimum absolute atomic E-state index is 0.141. The maximum Gasteiger partial charge on any atom is 0.263 e. The van der Waals surface area contributed by atoms with Gasteiger partial charge in [-0.3, -0.25) is 9.36 Å². The summed E-state index contributed by atoms with van der Waals surface area (Å²) in [7, 11) is 3.34. The second kappa shape index (κ2) is 5.96. The van der Waals surface area contributed by atoms with E-state index in [0.29, 0.717) is 22.7 Å². The fourth-order valence-electron chi connectivity index (χ4n) is 2.73. The van der Waals surface area contributed by atoms with Crippen molar-refractivity contribution in [3.63, 3.8) is 0 Å². The monoisotopic (exact) mass is 307 g/mol. The van der Waals surface area contributed by atoms with Gasteiger partial charge in [-0.25, -0.2) is 0 Å². The van der Waals surface area contributed by atoms with Crippen molar-refractivity contribution in [2.45, 2.75) is 0 Å². The highest BCUT2D eigenvalue weighted by molar-refractivity contribution is 6.12. The predicted molar refractivity (Wildman–Crippen MR) is 92.1 cm³/mol. The normalized spacial score (nSPS) is 10.5. The van der Waals surface area contributed by atoms with Gasteiger partial charge in [-0.05, 0) is 30.3 Å². The molecule has 5 heteroatoms. The van der Waals surface area contributed by atoms with Crippen molar-refractivity contribution in [2.75, 3.05) is 19.5 Å². The van der Waals surface area contributed by atoms with Crippen molar-refractivity contribution in [1.82, 2.24) is 4.57 Å². The van der Waals surface area contributed by atoms with Crippen LogP contribution in [0.3, 0.4) is 0 Å². The molecule has 0 atom stereocenters. The van der Waals surface area contributed by atoms with Gasteiger partial charge >= 0.3 is 0 Å². The van der Waals surface area contributed by atoms with Crippen molar-refractivity contribution in [2.24, 2.45) is 0 Å². The Morgan fingerprint density at radius 3 is 2.57 bits per heavy atom. The van der Waals surface area contributed by atoms with Crippen molar-refractivity contribution in [3.05, 3.63) is 59.7 Å². The lowest BCUT2D eigenvalue weighted by Crippen LogP contribution is -2.14. The first-order chi connectivity index (χ1) is 11.2. The van der Waals surface area contributed by atoms with E-state index in [1.807, 2.05) is 36.4 Å². The first-order valence-corrected chi connectivity index (χ1v) is 7.21. The van der Waals surface area contributed by atoms with Gasteiger partial charge < -0.3 is 15.5 Å². The summed E-state index contributed by atoms with van der Waals surface area (Å²) in [6.45, 7) is 0. The fraction of sp³-hybridized carbons (Fsp3) is 0.111. The van der Waals surface area contributed by atoms with Crippen LogP contribution in [0, 0.1) is 5.41 Å². The highest BCUT2D eigenvalue weighted by atomic mass is 16.5. The standard InChI is InChI=1S/C18H17N3O2/c1-20-17-15(11-19)14-10-13(23-2)8-9-16(14)21(17)18(22)12-6-4-3-5-7-12/h3-11,19-20H,1-2H3. The van der Waals surface area contributed by atoms with Gasteiger partial charge in [-0.1, -0.05) is 18.2 Å². The van der Waals surface area contributed by atoms with Crippen molar-refractivity contribution >= 4 is 28.8 Å². The molecule has 23 heavy (non-hydrogen) atoms. The fourth-order valence-corrected chi connectivity index (χ4v) is 2.73. The van der Waals surface area contributed by atoms with Crippen LogP contribution in [-0.4, -0.2) is 30.8 Å². The summed E-state index contributed by atoms with van der Waals surface area (Å²) < 4.78 is 6.86. The molecule has 0 bridgehead atoms. The quantitative estimate of drug-likeness (QED) is 0.726. The molecule has 0 aliphatic rings.